The predicted octanol–water partition coefficient (Wildman–Crippen LogP) is 2.62. The van der Waals surface area contributed by atoms with E-state index >= 15 is 0 Å². The van der Waals surface area contributed by atoms with E-state index in [4.69, 9.17) is 23.9 Å². The molecule has 2 saturated heterocycles. The number of aromatic amines is 1. The molecule has 0 spiro atoms. The molecule has 0 aliphatic carbocycles. The van der Waals surface area contributed by atoms with E-state index in [9.17, 15) is 4.79 Å². The summed E-state index contributed by atoms with van der Waals surface area (Å²) in [6, 6.07) is 5.68. The Morgan fingerprint density at radius 2 is 2.16 bits per heavy atom. The first-order valence-electron chi connectivity index (χ1n) is 10.2. The second-order valence-corrected chi connectivity index (χ2v) is 7.85. The van der Waals surface area contributed by atoms with Gasteiger partial charge < -0.3 is 29.2 Å². The summed E-state index contributed by atoms with van der Waals surface area (Å²) in [5, 5.41) is 3.63. The number of hydrogen-bond acceptors (Lipinski definition) is 7. The number of carbonyl (C=O) groups is 1. The minimum atomic E-state index is -0.612. The van der Waals surface area contributed by atoms with Crippen LogP contribution in [0.3, 0.4) is 0 Å². The lowest BCUT2D eigenvalue weighted by Gasteiger charge is -2.29. The van der Waals surface area contributed by atoms with Gasteiger partial charge in [-0.25, -0.2) is 9.97 Å². The molecule has 3 aromatic rings. The van der Waals surface area contributed by atoms with Crippen LogP contribution in [-0.2, 0) is 24.6 Å². The first kappa shape index (κ1) is 19.9. The summed E-state index contributed by atoms with van der Waals surface area (Å²) in [4.78, 5) is 23.9. The summed E-state index contributed by atoms with van der Waals surface area (Å²) >= 11 is 0. The Bertz CT molecular complexity index is 1120. The molecule has 2 aliphatic heterocycles. The maximum atomic E-state index is 11.5. The first-order valence-corrected chi connectivity index (χ1v) is 10.2. The molecule has 5 rings (SSSR count). The molecule has 162 valence electrons. The normalized spacial score (nSPS) is 21.2. The fraction of sp³-hybridized carbons (Fsp3) is 0.409. The zero-order valence-electron chi connectivity index (χ0n) is 17.4. The van der Waals surface area contributed by atoms with Gasteiger partial charge in [0.2, 0.25) is 5.91 Å². The van der Waals surface area contributed by atoms with Crippen LogP contribution in [0.4, 0.5) is 5.82 Å². The van der Waals surface area contributed by atoms with Crippen molar-refractivity contribution < 1.29 is 23.7 Å². The molecule has 9 nitrogen and oxygen atoms in total. The molecule has 0 bridgehead atoms. The monoisotopic (exact) mass is 424 g/mol. The van der Waals surface area contributed by atoms with E-state index < -0.39 is 5.60 Å². The summed E-state index contributed by atoms with van der Waals surface area (Å²) in [7, 11) is 1.68. The number of rotatable bonds is 6. The Hall–Kier alpha value is -3.01. The molecule has 3 aromatic heterocycles. The van der Waals surface area contributed by atoms with Crippen LogP contribution in [0.25, 0.3) is 22.2 Å². The van der Waals surface area contributed by atoms with E-state index in [1.807, 2.05) is 24.4 Å². The van der Waals surface area contributed by atoms with Crippen molar-refractivity contribution in [3.63, 3.8) is 0 Å². The zero-order valence-corrected chi connectivity index (χ0v) is 17.4. The van der Waals surface area contributed by atoms with Crippen molar-refractivity contribution in [2.24, 2.45) is 0 Å². The topological polar surface area (TPSA) is 108 Å². The molecule has 1 amide bonds. The Morgan fingerprint density at radius 1 is 1.29 bits per heavy atom. The van der Waals surface area contributed by atoms with Gasteiger partial charge in [0.15, 0.2) is 0 Å². The lowest BCUT2D eigenvalue weighted by Crippen LogP contribution is -2.38. The van der Waals surface area contributed by atoms with E-state index in [1.165, 1.54) is 6.92 Å². The molecule has 31 heavy (non-hydrogen) atoms. The average Bonchev–Trinajstić information content (AvgIpc) is 3.38. The van der Waals surface area contributed by atoms with Crippen LogP contribution in [0.2, 0.25) is 0 Å². The number of methoxy groups -OCH3 is 1. The van der Waals surface area contributed by atoms with E-state index in [0.29, 0.717) is 38.0 Å². The Balaban J connectivity index is 1.61. The molecule has 0 radical (unpaired) electrons. The van der Waals surface area contributed by atoms with Gasteiger partial charge in [0, 0.05) is 56.3 Å². The van der Waals surface area contributed by atoms with Crippen molar-refractivity contribution in [1.29, 1.82) is 0 Å². The van der Waals surface area contributed by atoms with Gasteiger partial charge in [-0.15, -0.1) is 0 Å². The molecule has 0 unspecified atom stereocenters. The Morgan fingerprint density at radius 3 is 2.84 bits per heavy atom. The number of carbonyl (C=O) groups excluding carboxylic acids is 1. The van der Waals surface area contributed by atoms with Crippen LogP contribution in [0, 0.1) is 0 Å². The number of nitrogens with one attached hydrogen (secondary N) is 2. The number of anilines is 1. The number of aromatic nitrogens is 3. The minimum absolute atomic E-state index is 0.0277. The van der Waals surface area contributed by atoms with Crippen molar-refractivity contribution in [3.8, 4) is 17.0 Å². The lowest BCUT2D eigenvalue weighted by molar-refractivity contribution is -0.114. The summed E-state index contributed by atoms with van der Waals surface area (Å²) in [6.45, 7) is 3.66. The van der Waals surface area contributed by atoms with Gasteiger partial charge >= 0.3 is 0 Å². The van der Waals surface area contributed by atoms with Crippen molar-refractivity contribution in [2.45, 2.75) is 25.0 Å². The standard InChI is InChI=1S/C22H24N4O5/c1-13(27)25-21-7-16-17(8-23-19(16)9-24-21)18-5-14(31-15-10-30-11-15)6-20(26-18)22(28-2)3-4-29-12-22/h5-9,15,23H,3-4,10-12H2,1-2H3,(H,24,25,27)/t22-/m0/s1. The molecule has 2 fully saturated rings. The third kappa shape index (κ3) is 3.76. The molecule has 1 atom stereocenters. The Labute approximate surface area is 179 Å². The van der Waals surface area contributed by atoms with Crippen LogP contribution in [0.5, 0.6) is 5.75 Å². The Kier molecular flexibility index (Phi) is 5.09. The lowest BCUT2D eigenvalue weighted by atomic mass is 9.96. The quantitative estimate of drug-likeness (QED) is 0.626. The van der Waals surface area contributed by atoms with Crippen LogP contribution >= 0.6 is 0 Å². The fourth-order valence-electron chi connectivity index (χ4n) is 3.91. The van der Waals surface area contributed by atoms with E-state index in [2.05, 4.69) is 15.3 Å². The van der Waals surface area contributed by atoms with E-state index in [-0.39, 0.29) is 12.0 Å². The van der Waals surface area contributed by atoms with Gasteiger partial charge in [-0.1, -0.05) is 0 Å². The molecular formula is C22H24N4O5. The molecule has 2 aliphatic rings. The number of hydrogen-bond donors (Lipinski definition) is 2. The minimum Gasteiger partial charge on any atom is -0.485 e. The highest BCUT2D eigenvalue weighted by Crippen LogP contribution is 2.38. The summed E-state index contributed by atoms with van der Waals surface area (Å²) in [6.07, 6.45) is 4.33. The maximum absolute atomic E-state index is 11.5. The SMILES string of the molecule is CO[C@@]1(c2cc(OC3COC3)cc(-c3c[nH]c4cnc(NC(C)=O)cc34)n2)CCOC1. The predicted molar refractivity (Wildman–Crippen MR) is 113 cm³/mol. The van der Waals surface area contributed by atoms with Crippen LogP contribution < -0.4 is 10.1 Å². The largest absolute Gasteiger partial charge is 0.485 e. The smallest absolute Gasteiger partial charge is 0.222 e. The highest BCUT2D eigenvalue weighted by Gasteiger charge is 2.39. The highest BCUT2D eigenvalue weighted by molar-refractivity contribution is 5.97. The third-order valence-electron chi connectivity index (χ3n) is 5.70. The second kappa shape index (κ2) is 7.92. The van der Waals surface area contributed by atoms with Crippen LogP contribution in [-0.4, -0.2) is 60.5 Å². The maximum Gasteiger partial charge on any atom is 0.222 e. The summed E-state index contributed by atoms with van der Waals surface area (Å²) in [5.41, 5.74) is 2.62. The summed E-state index contributed by atoms with van der Waals surface area (Å²) < 4.78 is 22.9. The van der Waals surface area contributed by atoms with Gasteiger partial charge in [-0.3, -0.25) is 4.79 Å². The van der Waals surface area contributed by atoms with Gasteiger partial charge in [-0.05, 0) is 6.07 Å². The van der Waals surface area contributed by atoms with Crippen LogP contribution in [0.1, 0.15) is 19.0 Å². The number of ether oxygens (including phenoxy) is 4. The van der Waals surface area contributed by atoms with Gasteiger partial charge in [0.25, 0.3) is 0 Å². The van der Waals surface area contributed by atoms with Crippen molar-refractivity contribution in [3.05, 3.63) is 36.3 Å². The number of nitrogens with zero attached hydrogens (tertiary/aromatic N) is 2. The second-order valence-electron chi connectivity index (χ2n) is 7.85. The first-order chi connectivity index (χ1) is 15.1. The third-order valence-corrected chi connectivity index (χ3v) is 5.70. The van der Waals surface area contributed by atoms with Gasteiger partial charge in [0.1, 0.15) is 23.3 Å². The fourth-order valence-corrected chi connectivity index (χ4v) is 3.91. The zero-order chi connectivity index (χ0) is 21.4. The van der Waals surface area contributed by atoms with Gasteiger partial charge in [0.05, 0.1) is 42.9 Å². The molecule has 0 saturated carbocycles. The van der Waals surface area contributed by atoms with Gasteiger partial charge in [-0.2, -0.15) is 0 Å². The molecule has 5 heterocycles. The van der Waals surface area contributed by atoms with Crippen LogP contribution in [0.15, 0.2) is 30.6 Å². The summed E-state index contributed by atoms with van der Waals surface area (Å²) in [5.74, 6) is 1.02. The number of pyridine rings is 2. The van der Waals surface area contributed by atoms with E-state index in [0.717, 1.165) is 34.3 Å². The molecule has 9 heteroatoms. The highest BCUT2D eigenvalue weighted by atomic mass is 16.6. The average molecular weight is 424 g/mol. The molecule has 2 N–H and O–H groups in total. The van der Waals surface area contributed by atoms with E-state index in [1.54, 1.807) is 13.3 Å². The van der Waals surface area contributed by atoms with Crippen molar-refractivity contribution >= 4 is 22.6 Å². The number of fused-ring (bicyclic) bond motifs is 1. The van der Waals surface area contributed by atoms with Crippen molar-refractivity contribution in [1.82, 2.24) is 15.0 Å². The molecular weight excluding hydrogens is 400 g/mol. The molecule has 0 aromatic carbocycles. The number of amides is 1. The van der Waals surface area contributed by atoms with Crippen molar-refractivity contribution in [2.75, 3.05) is 38.9 Å². The number of H-pyrrole nitrogens is 1.